The second-order valence-electron chi connectivity index (χ2n) is 4.61. The molecule has 0 aromatic carbocycles. The standard InChI is InChI=1S/C11H19N3O2S/c1-11(2,9-12)14-17(15,16)8-5-10-3-6-13-7-4-10/h3-4,6-7,14H,5,8-9,12H2,1-2H3. The van der Waals surface area contributed by atoms with E-state index < -0.39 is 15.6 Å². The molecule has 0 bridgehead atoms. The Kier molecular flexibility index (Phi) is 4.62. The molecule has 5 nitrogen and oxygen atoms in total. The summed E-state index contributed by atoms with van der Waals surface area (Å²) in [4.78, 5) is 3.88. The Labute approximate surface area is 102 Å². The molecule has 3 N–H and O–H groups in total. The van der Waals surface area contributed by atoms with Gasteiger partial charge in [-0.15, -0.1) is 0 Å². The maximum absolute atomic E-state index is 11.8. The van der Waals surface area contributed by atoms with Crippen molar-refractivity contribution in [1.82, 2.24) is 9.71 Å². The monoisotopic (exact) mass is 257 g/mol. The molecule has 0 saturated carbocycles. The van der Waals surface area contributed by atoms with E-state index in [0.29, 0.717) is 6.42 Å². The second-order valence-corrected chi connectivity index (χ2v) is 6.46. The number of nitrogens with zero attached hydrogens (tertiary/aromatic N) is 1. The molecule has 0 amide bonds. The number of aromatic nitrogens is 1. The molecule has 17 heavy (non-hydrogen) atoms. The highest BCUT2D eigenvalue weighted by molar-refractivity contribution is 7.89. The van der Waals surface area contributed by atoms with Crippen molar-refractivity contribution in [3.05, 3.63) is 30.1 Å². The fourth-order valence-corrected chi connectivity index (χ4v) is 2.85. The van der Waals surface area contributed by atoms with E-state index in [9.17, 15) is 8.42 Å². The Balaban J connectivity index is 2.57. The van der Waals surface area contributed by atoms with Crippen molar-refractivity contribution in [3.63, 3.8) is 0 Å². The van der Waals surface area contributed by atoms with E-state index >= 15 is 0 Å². The summed E-state index contributed by atoms with van der Waals surface area (Å²) in [7, 11) is -3.30. The first-order valence-electron chi connectivity index (χ1n) is 5.45. The van der Waals surface area contributed by atoms with E-state index in [1.807, 2.05) is 12.1 Å². The summed E-state index contributed by atoms with van der Waals surface area (Å²) in [6.07, 6.45) is 3.77. The Morgan fingerprint density at radius 2 is 1.94 bits per heavy atom. The summed E-state index contributed by atoms with van der Waals surface area (Å²) < 4.78 is 26.2. The fourth-order valence-electron chi connectivity index (χ4n) is 1.32. The number of aryl methyl sites for hydroxylation is 1. The molecule has 1 aromatic heterocycles. The maximum Gasteiger partial charge on any atom is 0.212 e. The molecule has 0 fully saturated rings. The van der Waals surface area contributed by atoms with E-state index in [0.717, 1.165) is 5.56 Å². The van der Waals surface area contributed by atoms with Gasteiger partial charge in [0.15, 0.2) is 0 Å². The van der Waals surface area contributed by atoms with Crippen molar-refractivity contribution in [2.24, 2.45) is 5.73 Å². The minimum absolute atomic E-state index is 0.0560. The first-order chi connectivity index (χ1) is 7.85. The minimum atomic E-state index is -3.30. The lowest BCUT2D eigenvalue weighted by molar-refractivity contribution is 0.462. The molecule has 0 aliphatic heterocycles. The van der Waals surface area contributed by atoms with Crippen molar-refractivity contribution in [1.29, 1.82) is 0 Å². The van der Waals surface area contributed by atoms with Gasteiger partial charge in [0.05, 0.1) is 5.75 Å². The lowest BCUT2D eigenvalue weighted by atomic mass is 10.1. The molecule has 96 valence electrons. The van der Waals surface area contributed by atoms with E-state index in [-0.39, 0.29) is 12.3 Å². The van der Waals surface area contributed by atoms with Crippen LogP contribution in [-0.4, -0.2) is 31.2 Å². The van der Waals surface area contributed by atoms with Gasteiger partial charge in [-0.1, -0.05) is 0 Å². The molecule has 0 unspecified atom stereocenters. The van der Waals surface area contributed by atoms with Gasteiger partial charge in [-0.2, -0.15) is 0 Å². The molecule has 0 atom stereocenters. The number of pyridine rings is 1. The Bertz CT molecular complexity index is 443. The largest absolute Gasteiger partial charge is 0.329 e. The Morgan fingerprint density at radius 3 is 2.47 bits per heavy atom. The van der Waals surface area contributed by atoms with Gasteiger partial charge in [0.2, 0.25) is 10.0 Å². The molecule has 0 aliphatic carbocycles. The van der Waals surface area contributed by atoms with Crippen LogP contribution in [0.2, 0.25) is 0 Å². The molecule has 0 saturated heterocycles. The van der Waals surface area contributed by atoms with Crippen molar-refractivity contribution < 1.29 is 8.42 Å². The molecule has 0 aliphatic rings. The maximum atomic E-state index is 11.8. The predicted molar refractivity (Wildman–Crippen MR) is 68.0 cm³/mol. The highest BCUT2D eigenvalue weighted by atomic mass is 32.2. The van der Waals surface area contributed by atoms with Crippen molar-refractivity contribution >= 4 is 10.0 Å². The zero-order valence-corrected chi connectivity index (χ0v) is 11.0. The molecule has 1 aromatic rings. The van der Waals surface area contributed by atoms with Gasteiger partial charge in [0, 0.05) is 24.5 Å². The summed E-state index contributed by atoms with van der Waals surface area (Å²) in [5.74, 6) is 0.0560. The van der Waals surface area contributed by atoms with Crippen LogP contribution in [0.4, 0.5) is 0 Å². The summed E-state index contributed by atoms with van der Waals surface area (Å²) in [5.41, 5.74) is 5.84. The summed E-state index contributed by atoms with van der Waals surface area (Å²) in [5, 5.41) is 0. The second kappa shape index (κ2) is 5.57. The number of rotatable bonds is 6. The predicted octanol–water partition coefficient (Wildman–Crippen LogP) is 0.281. The quantitative estimate of drug-likeness (QED) is 0.766. The third-order valence-corrected chi connectivity index (χ3v) is 3.96. The van der Waals surface area contributed by atoms with Gasteiger partial charge in [-0.25, -0.2) is 13.1 Å². The van der Waals surface area contributed by atoms with Crippen LogP contribution in [0.3, 0.4) is 0 Å². The number of sulfonamides is 1. The average Bonchev–Trinajstić information content (AvgIpc) is 2.27. The van der Waals surface area contributed by atoms with Crippen molar-refractivity contribution in [3.8, 4) is 0 Å². The van der Waals surface area contributed by atoms with Crippen LogP contribution in [-0.2, 0) is 16.4 Å². The van der Waals surface area contributed by atoms with E-state index in [1.165, 1.54) is 0 Å². The van der Waals surface area contributed by atoms with Crippen LogP contribution in [0.25, 0.3) is 0 Å². The van der Waals surface area contributed by atoms with Gasteiger partial charge < -0.3 is 5.73 Å². The smallest absolute Gasteiger partial charge is 0.212 e. The molecule has 0 radical (unpaired) electrons. The van der Waals surface area contributed by atoms with Gasteiger partial charge >= 0.3 is 0 Å². The van der Waals surface area contributed by atoms with Gasteiger partial charge in [-0.05, 0) is 38.0 Å². The molecular formula is C11H19N3O2S. The number of nitrogens with two attached hydrogens (primary N) is 1. The normalized spacial score (nSPS) is 12.6. The number of hydrogen-bond donors (Lipinski definition) is 2. The topological polar surface area (TPSA) is 85.1 Å². The fraction of sp³-hybridized carbons (Fsp3) is 0.545. The van der Waals surface area contributed by atoms with Crippen molar-refractivity contribution in [2.45, 2.75) is 25.8 Å². The number of nitrogens with one attached hydrogen (secondary N) is 1. The average molecular weight is 257 g/mol. The van der Waals surface area contributed by atoms with Gasteiger partial charge in [0.1, 0.15) is 0 Å². The highest BCUT2D eigenvalue weighted by Crippen LogP contribution is 2.05. The highest BCUT2D eigenvalue weighted by Gasteiger charge is 2.22. The summed E-state index contributed by atoms with van der Waals surface area (Å²) in [6, 6.07) is 3.62. The molecule has 1 rings (SSSR count). The molecule has 1 heterocycles. The number of hydrogen-bond acceptors (Lipinski definition) is 4. The SMILES string of the molecule is CC(C)(CN)NS(=O)(=O)CCc1ccncc1. The first-order valence-corrected chi connectivity index (χ1v) is 7.10. The van der Waals surface area contributed by atoms with Crippen LogP contribution in [0.1, 0.15) is 19.4 Å². The van der Waals surface area contributed by atoms with Gasteiger partial charge in [0.25, 0.3) is 0 Å². The van der Waals surface area contributed by atoms with Crippen molar-refractivity contribution in [2.75, 3.05) is 12.3 Å². The minimum Gasteiger partial charge on any atom is -0.329 e. The zero-order chi connectivity index (χ0) is 12.9. The molecule has 0 spiro atoms. The Morgan fingerprint density at radius 1 is 1.35 bits per heavy atom. The van der Waals surface area contributed by atoms with Crippen LogP contribution < -0.4 is 10.5 Å². The molecular weight excluding hydrogens is 238 g/mol. The lowest BCUT2D eigenvalue weighted by Gasteiger charge is -2.23. The van der Waals surface area contributed by atoms with E-state index in [2.05, 4.69) is 9.71 Å². The van der Waals surface area contributed by atoms with Crippen LogP contribution in [0.15, 0.2) is 24.5 Å². The van der Waals surface area contributed by atoms with E-state index in [1.54, 1.807) is 26.2 Å². The zero-order valence-electron chi connectivity index (χ0n) is 10.2. The van der Waals surface area contributed by atoms with Crippen LogP contribution >= 0.6 is 0 Å². The van der Waals surface area contributed by atoms with Gasteiger partial charge in [-0.3, -0.25) is 4.98 Å². The van der Waals surface area contributed by atoms with Crippen LogP contribution in [0, 0.1) is 0 Å². The lowest BCUT2D eigenvalue weighted by Crippen LogP contribution is -2.49. The first kappa shape index (κ1) is 14.1. The van der Waals surface area contributed by atoms with Crippen LogP contribution in [0.5, 0.6) is 0 Å². The third kappa shape index (κ3) is 5.25. The third-order valence-electron chi connectivity index (χ3n) is 2.35. The summed E-state index contributed by atoms with van der Waals surface area (Å²) in [6.45, 7) is 3.79. The van der Waals surface area contributed by atoms with E-state index in [4.69, 9.17) is 5.73 Å². The Hall–Kier alpha value is -0.980. The summed E-state index contributed by atoms with van der Waals surface area (Å²) >= 11 is 0. The molecule has 6 heteroatoms.